The zero-order chi connectivity index (χ0) is 19.5. The zero-order valence-corrected chi connectivity index (χ0v) is 16.9. The maximum atomic E-state index is 12.5. The van der Waals surface area contributed by atoms with Crippen molar-refractivity contribution >= 4 is 17.3 Å². The molecule has 2 rings (SSSR count). The van der Waals surface area contributed by atoms with Crippen molar-refractivity contribution in [3.8, 4) is 5.75 Å². The molecule has 0 spiro atoms. The Morgan fingerprint density at radius 1 is 1.08 bits per heavy atom. The van der Waals surface area contributed by atoms with E-state index in [0.717, 1.165) is 16.9 Å². The first-order chi connectivity index (χ1) is 12.1. The maximum Gasteiger partial charge on any atom is 0.265 e. The van der Waals surface area contributed by atoms with E-state index in [1.165, 1.54) is 5.56 Å². The van der Waals surface area contributed by atoms with Crippen molar-refractivity contribution in [2.75, 3.05) is 24.3 Å². The molecule has 0 aliphatic carbocycles. The second kappa shape index (κ2) is 7.81. The molecule has 1 atom stereocenters. The quantitative estimate of drug-likeness (QED) is 0.841. The highest BCUT2D eigenvalue weighted by atomic mass is 16.5. The van der Waals surface area contributed by atoms with E-state index < -0.39 is 6.10 Å². The summed E-state index contributed by atoms with van der Waals surface area (Å²) in [6.07, 6.45) is -0.580. The number of hydrogen-bond donors (Lipinski definition) is 1. The fourth-order valence-electron chi connectivity index (χ4n) is 2.59. The van der Waals surface area contributed by atoms with E-state index in [4.69, 9.17) is 4.74 Å². The van der Waals surface area contributed by atoms with Crippen molar-refractivity contribution in [3.05, 3.63) is 53.6 Å². The topological polar surface area (TPSA) is 41.6 Å². The van der Waals surface area contributed by atoms with E-state index in [2.05, 4.69) is 26.1 Å². The van der Waals surface area contributed by atoms with Gasteiger partial charge in [-0.1, -0.05) is 32.9 Å². The molecule has 0 saturated heterocycles. The number of benzene rings is 2. The minimum Gasteiger partial charge on any atom is -0.481 e. The number of ether oxygens (including phenoxy) is 1. The summed E-state index contributed by atoms with van der Waals surface area (Å²) < 4.78 is 5.80. The molecule has 1 N–H and O–H groups in total. The van der Waals surface area contributed by atoms with Gasteiger partial charge in [-0.05, 0) is 60.7 Å². The minimum atomic E-state index is -0.580. The van der Waals surface area contributed by atoms with Crippen LogP contribution in [-0.4, -0.2) is 26.1 Å². The minimum absolute atomic E-state index is 0.0950. The van der Waals surface area contributed by atoms with Gasteiger partial charge >= 0.3 is 0 Å². The average molecular weight is 354 g/mol. The van der Waals surface area contributed by atoms with E-state index in [9.17, 15) is 4.79 Å². The lowest BCUT2D eigenvalue weighted by Crippen LogP contribution is -2.30. The molecule has 4 heteroatoms. The first kappa shape index (κ1) is 19.8. The Morgan fingerprint density at radius 3 is 2.19 bits per heavy atom. The molecule has 1 unspecified atom stereocenters. The van der Waals surface area contributed by atoms with Gasteiger partial charge in [0.25, 0.3) is 5.91 Å². The first-order valence-corrected chi connectivity index (χ1v) is 8.94. The van der Waals surface area contributed by atoms with E-state index in [1.54, 1.807) is 6.92 Å². The Morgan fingerprint density at radius 2 is 1.69 bits per heavy atom. The van der Waals surface area contributed by atoms with Gasteiger partial charge in [0.15, 0.2) is 6.10 Å². The molecule has 0 saturated carbocycles. The third kappa shape index (κ3) is 5.01. The molecule has 26 heavy (non-hydrogen) atoms. The highest BCUT2D eigenvalue weighted by molar-refractivity contribution is 5.95. The fourth-order valence-corrected chi connectivity index (χ4v) is 2.59. The van der Waals surface area contributed by atoms with Crippen LogP contribution in [0, 0.1) is 6.92 Å². The Hall–Kier alpha value is -2.49. The van der Waals surface area contributed by atoms with Gasteiger partial charge in [-0.2, -0.15) is 0 Å². The van der Waals surface area contributed by atoms with Gasteiger partial charge in [-0.3, -0.25) is 4.79 Å². The molecule has 0 aliphatic rings. The number of anilines is 2. The summed E-state index contributed by atoms with van der Waals surface area (Å²) in [6.45, 7) is 10.3. The number of rotatable bonds is 5. The van der Waals surface area contributed by atoms with Crippen molar-refractivity contribution < 1.29 is 9.53 Å². The Balaban J connectivity index is 2.01. The molecular formula is C22H30N2O2. The molecule has 140 valence electrons. The highest BCUT2D eigenvalue weighted by Gasteiger charge is 2.17. The molecule has 4 nitrogen and oxygen atoms in total. The van der Waals surface area contributed by atoms with Crippen molar-refractivity contribution in [1.29, 1.82) is 0 Å². The van der Waals surface area contributed by atoms with Crippen LogP contribution in [0.5, 0.6) is 5.75 Å². The number of nitrogens with zero attached hydrogens (tertiary/aromatic N) is 1. The Bertz CT molecular complexity index is 759. The van der Waals surface area contributed by atoms with Gasteiger partial charge in [-0.25, -0.2) is 0 Å². The summed E-state index contributed by atoms with van der Waals surface area (Å²) in [4.78, 5) is 14.5. The molecule has 0 heterocycles. The van der Waals surface area contributed by atoms with E-state index in [-0.39, 0.29) is 11.3 Å². The third-order valence-corrected chi connectivity index (χ3v) is 4.39. The molecule has 0 aromatic heterocycles. The average Bonchev–Trinajstić information content (AvgIpc) is 2.56. The van der Waals surface area contributed by atoms with Crippen LogP contribution in [0.2, 0.25) is 0 Å². The van der Waals surface area contributed by atoms with Gasteiger partial charge in [0, 0.05) is 25.5 Å². The summed E-state index contributed by atoms with van der Waals surface area (Å²) in [6, 6.07) is 13.9. The van der Waals surface area contributed by atoms with Crippen LogP contribution in [0.1, 0.15) is 38.8 Å². The number of nitrogens with one attached hydrogen (secondary N) is 1. The number of amides is 1. The smallest absolute Gasteiger partial charge is 0.265 e. The summed E-state index contributed by atoms with van der Waals surface area (Å²) in [5.41, 5.74) is 4.25. The van der Waals surface area contributed by atoms with Crippen LogP contribution < -0.4 is 15.0 Å². The molecule has 0 aliphatic heterocycles. The van der Waals surface area contributed by atoms with Crippen LogP contribution in [-0.2, 0) is 10.2 Å². The lowest BCUT2D eigenvalue weighted by Gasteiger charge is -2.20. The predicted octanol–water partition coefficient (Wildman–Crippen LogP) is 4.76. The molecule has 2 aromatic carbocycles. The fraction of sp³-hybridized carbons (Fsp3) is 0.409. The number of carbonyl (C=O) groups is 1. The van der Waals surface area contributed by atoms with Gasteiger partial charge in [-0.15, -0.1) is 0 Å². The predicted molar refractivity (Wildman–Crippen MR) is 109 cm³/mol. The molecular weight excluding hydrogens is 324 g/mol. The van der Waals surface area contributed by atoms with Gasteiger partial charge < -0.3 is 15.0 Å². The van der Waals surface area contributed by atoms with Gasteiger partial charge in [0.1, 0.15) is 5.75 Å². The Kier molecular flexibility index (Phi) is 5.96. The summed E-state index contributed by atoms with van der Waals surface area (Å²) in [5.74, 6) is 0.533. The maximum absolute atomic E-state index is 12.5. The van der Waals surface area contributed by atoms with Crippen molar-refractivity contribution in [3.63, 3.8) is 0 Å². The largest absolute Gasteiger partial charge is 0.481 e. The summed E-state index contributed by atoms with van der Waals surface area (Å²) in [5, 5.41) is 2.95. The monoisotopic (exact) mass is 354 g/mol. The summed E-state index contributed by atoms with van der Waals surface area (Å²) >= 11 is 0. The van der Waals surface area contributed by atoms with Crippen LogP contribution in [0.15, 0.2) is 42.5 Å². The van der Waals surface area contributed by atoms with Gasteiger partial charge in [0.05, 0.1) is 0 Å². The zero-order valence-electron chi connectivity index (χ0n) is 16.9. The van der Waals surface area contributed by atoms with Crippen molar-refractivity contribution in [1.82, 2.24) is 0 Å². The van der Waals surface area contributed by atoms with E-state index in [0.29, 0.717) is 5.75 Å². The standard InChI is InChI=1S/C22H30N2O2/c1-15-14-18(24(6)7)10-13-20(15)23-21(25)16(2)26-19-11-8-17(9-12-19)22(3,4)5/h8-14,16H,1-7H3,(H,23,25). The second-order valence-electron chi connectivity index (χ2n) is 7.92. The lowest BCUT2D eigenvalue weighted by atomic mass is 9.87. The molecule has 0 radical (unpaired) electrons. The second-order valence-corrected chi connectivity index (χ2v) is 7.92. The number of carbonyl (C=O) groups excluding carboxylic acids is 1. The lowest BCUT2D eigenvalue weighted by molar-refractivity contribution is -0.122. The molecule has 2 aromatic rings. The number of hydrogen-bond acceptors (Lipinski definition) is 3. The number of aryl methyl sites for hydroxylation is 1. The van der Waals surface area contributed by atoms with E-state index >= 15 is 0 Å². The SMILES string of the molecule is Cc1cc(N(C)C)ccc1NC(=O)C(C)Oc1ccc(C(C)(C)C)cc1. The van der Waals surface area contributed by atoms with Crippen LogP contribution >= 0.6 is 0 Å². The van der Waals surface area contributed by atoms with Gasteiger partial charge in [0.2, 0.25) is 0 Å². The van der Waals surface area contributed by atoms with Crippen LogP contribution in [0.3, 0.4) is 0 Å². The first-order valence-electron chi connectivity index (χ1n) is 8.94. The highest BCUT2D eigenvalue weighted by Crippen LogP contribution is 2.25. The molecule has 1 amide bonds. The summed E-state index contributed by atoms with van der Waals surface area (Å²) in [7, 11) is 3.99. The normalized spacial score (nSPS) is 12.4. The molecule has 0 bridgehead atoms. The van der Waals surface area contributed by atoms with Crippen molar-refractivity contribution in [2.45, 2.75) is 46.1 Å². The van der Waals surface area contributed by atoms with Crippen molar-refractivity contribution in [2.24, 2.45) is 0 Å². The van der Waals surface area contributed by atoms with Crippen LogP contribution in [0.4, 0.5) is 11.4 Å². The molecule has 0 fully saturated rings. The third-order valence-electron chi connectivity index (χ3n) is 4.39. The Labute approximate surface area is 157 Å². The van der Waals surface area contributed by atoms with E-state index in [1.807, 2.05) is 68.4 Å². The van der Waals surface area contributed by atoms with Crippen LogP contribution in [0.25, 0.3) is 0 Å².